The van der Waals surface area contributed by atoms with Gasteiger partial charge in [-0.15, -0.1) is 0 Å². The zero-order valence-corrected chi connectivity index (χ0v) is 12.3. The number of halogens is 1. The molecule has 2 rings (SSSR count). The quantitative estimate of drug-likeness (QED) is 0.787. The summed E-state index contributed by atoms with van der Waals surface area (Å²) in [4.78, 5) is -1.18. The molecule has 0 bridgehead atoms. The van der Waals surface area contributed by atoms with Crippen LogP contribution in [0.2, 0.25) is 0 Å². The maximum absolute atomic E-state index is 11.3. The SMILES string of the molecule is O=S(=O)(O)c1cc(S(=O)(=O)O)c2ccc(Br)cc2c1. The molecule has 2 aromatic rings. The highest BCUT2D eigenvalue weighted by Gasteiger charge is 2.20. The standard InChI is InChI=1S/C10H7BrO6S2/c11-7-1-2-9-6(3-7)4-8(18(12,13)14)5-10(9)19(15,16)17/h1-5H,(H,12,13,14)(H,15,16,17). The average molecular weight is 367 g/mol. The summed E-state index contributed by atoms with van der Waals surface area (Å²) in [5, 5.41) is 0.398. The van der Waals surface area contributed by atoms with Gasteiger partial charge in [0.05, 0.1) is 4.90 Å². The van der Waals surface area contributed by atoms with Gasteiger partial charge in [-0.3, -0.25) is 9.11 Å². The molecule has 0 aliphatic heterocycles. The van der Waals surface area contributed by atoms with Gasteiger partial charge in [0.25, 0.3) is 20.2 Å². The van der Waals surface area contributed by atoms with E-state index in [1.807, 2.05) is 0 Å². The molecule has 9 heteroatoms. The Labute approximate surface area is 117 Å². The third kappa shape index (κ3) is 2.95. The molecule has 0 aliphatic rings. The Hall–Kier alpha value is -1.00. The van der Waals surface area contributed by atoms with Crippen LogP contribution in [0.5, 0.6) is 0 Å². The smallest absolute Gasteiger partial charge is 0.282 e. The predicted molar refractivity (Wildman–Crippen MR) is 71.3 cm³/mol. The van der Waals surface area contributed by atoms with Crippen LogP contribution in [0.15, 0.2) is 44.6 Å². The molecule has 0 aliphatic carbocycles. The Balaban J connectivity index is 3.01. The molecule has 0 radical (unpaired) electrons. The zero-order valence-electron chi connectivity index (χ0n) is 9.11. The van der Waals surface area contributed by atoms with E-state index < -0.39 is 30.0 Å². The molecule has 0 spiro atoms. The molecule has 0 aromatic heterocycles. The maximum atomic E-state index is 11.3. The molecule has 6 nitrogen and oxygen atoms in total. The number of hydrogen-bond donors (Lipinski definition) is 2. The van der Waals surface area contributed by atoms with Gasteiger partial charge in [-0.2, -0.15) is 16.8 Å². The van der Waals surface area contributed by atoms with E-state index in [9.17, 15) is 16.8 Å². The minimum absolute atomic E-state index is 0.151. The van der Waals surface area contributed by atoms with Crippen molar-refractivity contribution in [1.29, 1.82) is 0 Å². The topological polar surface area (TPSA) is 109 Å². The Morgan fingerprint density at radius 2 is 1.53 bits per heavy atom. The van der Waals surface area contributed by atoms with E-state index in [0.29, 0.717) is 10.5 Å². The Morgan fingerprint density at radius 1 is 0.895 bits per heavy atom. The second kappa shape index (κ2) is 4.53. The average Bonchev–Trinajstić information content (AvgIpc) is 2.24. The summed E-state index contributed by atoms with van der Waals surface area (Å²) in [5.74, 6) is 0. The van der Waals surface area contributed by atoms with Crippen molar-refractivity contribution in [1.82, 2.24) is 0 Å². The van der Waals surface area contributed by atoms with Crippen molar-refractivity contribution >= 4 is 46.9 Å². The third-order valence-electron chi connectivity index (χ3n) is 2.43. The molecule has 102 valence electrons. The lowest BCUT2D eigenvalue weighted by Gasteiger charge is -2.07. The molecule has 0 atom stereocenters. The normalized spacial score (nSPS) is 12.8. The highest BCUT2D eigenvalue weighted by molar-refractivity contribution is 9.10. The number of fused-ring (bicyclic) bond motifs is 1. The minimum Gasteiger partial charge on any atom is -0.282 e. The number of benzene rings is 2. The monoisotopic (exact) mass is 366 g/mol. The van der Waals surface area contributed by atoms with Crippen molar-refractivity contribution in [3.63, 3.8) is 0 Å². The highest BCUT2D eigenvalue weighted by atomic mass is 79.9. The van der Waals surface area contributed by atoms with E-state index in [2.05, 4.69) is 15.9 Å². The zero-order chi connectivity index (χ0) is 14.4. The van der Waals surface area contributed by atoms with Gasteiger partial charge < -0.3 is 0 Å². The van der Waals surface area contributed by atoms with Crippen LogP contribution in [-0.2, 0) is 20.2 Å². The Morgan fingerprint density at radius 3 is 2.05 bits per heavy atom. The van der Waals surface area contributed by atoms with Crippen LogP contribution in [-0.4, -0.2) is 25.9 Å². The molecule has 19 heavy (non-hydrogen) atoms. The van der Waals surface area contributed by atoms with Crippen LogP contribution in [0.4, 0.5) is 0 Å². The maximum Gasteiger partial charge on any atom is 0.295 e. The van der Waals surface area contributed by atoms with Gasteiger partial charge >= 0.3 is 0 Å². The van der Waals surface area contributed by atoms with Gasteiger partial charge in [0.2, 0.25) is 0 Å². The molecular weight excluding hydrogens is 360 g/mol. The van der Waals surface area contributed by atoms with Gasteiger partial charge in [-0.25, -0.2) is 0 Å². The molecule has 2 N–H and O–H groups in total. The number of rotatable bonds is 2. The lowest BCUT2D eigenvalue weighted by Crippen LogP contribution is -2.04. The van der Waals surface area contributed by atoms with E-state index >= 15 is 0 Å². The molecule has 0 amide bonds. The second-order valence-corrected chi connectivity index (χ2v) is 7.46. The Kier molecular flexibility index (Phi) is 3.43. The van der Waals surface area contributed by atoms with E-state index in [1.54, 1.807) is 6.07 Å². The van der Waals surface area contributed by atoms with Crippen molar-refractivity contribution in [2.75, 3.05) is 0 Å². The van der Waals surface area contributed by atoms with Crippen LogP contribution >= 0.6 is 15.9 Å². The molecule has 2 aromatic carbocycles. The van der Waals surface area contributed by atoms with Crippen LogP contribution in [0.25, 0.3) is 10.8 Å². The fourth-order valence-corrected chi connectivity index (χ4v) is 3.38. The first-order chi connectivity index (χ1) is 8.59. The first-order valence-electron chi connectivity index (χ1n) is 4.77. The first-order valence-corrected chi connectivity index (χ1v) is 8.44. The van der Waals surface area contributed by atoms with E-state index in [1.165, 1.54) is 12.1 Å². The van der Waals surface area contributed by atoms with Gasteiger partial charge in [-0.05, 0) is 29.7 Å². The molecular formula is C10H7BrO6S2. The van der Waals surface area contributed by atoms with Crippen molar-refractivity contribution in [2.24, 2.45) is 0 Å². The van der Waals surface area contributed by atoms with Gasteiger partial charge in [0, 0.05) is 9.86 Å². The van der Waals surface area contributed by atoms with Gasteiger partial charge in [-0.1, -0.05) is 22.0 Å². The van der Waals surface area contributed by atoms with Crippen molar-refractivity contribution in [3.05, 3.63) is 34.8 Å². The van der Waals surface area contributed by atoms with E-state index in [-0.39, 0.29) is 10.8 Å². The fraction of sp³-hybridized carbons (Fsp3) is 0. The molecule has 0 saturated heterocycles. The van der Waals surface area contributed by atoms with Crippen LogP contribution < -0.4 is 0 Å². The van der Waals surface area contributed by atoms with Crippen LogP contribution in [0.3, 0.4) is 0 Å². The summed E-state index contributed by atoms with van der Waals surface area (Å²) in [6, 6.07) is 6.25. The lowest BCUT2D eigenvalue weighted by atomic mass is 10.1. The first kappa shape index (κ1) is 14.4. The van der Waals surface area contributed by atoms with Gasteiger partial charge in [0.1, 0.15) is 4.90 Å². The van der Waals surface area contributed by atoms with Crippen molar-refractivity contribution < 1.29 is 25.9 Å². The van der Waals surface area contributed by atoms with Crippen LogP contribution in [0, 0.1) is 0 Å². The predicted octanol–water partition coefficient (Wildman–Crippen LogP) is 2.10. The Bertz CT molecular complexity index is 870. The molecule has 0 fully saturated rings. The van der Waals surface area contributed by atoms with Crippen LogP contribution in [0.1, 0.15) is 0 Å². The molecule has 0 unspecified atom stereocenters. The third-order valence-corrected chi connectivity index (χ3v) is 4.64. The molecule has 0 saturated carbocycles. The van der Waals surface area contributed by atoms with Crippen molar-refractivity contribution in [2.45, 2.75) is 9.79 Å². The van der Waals surface area contributed by atoms with Crippen molar-refractivity contribution in [3.8, 4) is 0 Å². The molecule has 0 heterocycles. The van der Waals surface area contributed by atoms with E-state index in [4.69, 9.17) is 9.11 Å². The minimum atomic E-state index is -4.62. The summed E-state index contributed by atoms with van der Waals surface area (Å²) in [5.41, 5.74) is 0. The van der Waals surface area contributed by atoms with E-state index in [0.717, 1.165) is 6.07 Å². The number of hydrogen-bond acceptors (Lipinski definition) is 4. The van der Waals surface area contributed by atoms with Gasteiger partial charge in [0.15, 0.2) is 0 Å². The highest BCUT2D eigenvalue weighted by Crippen LogP contribution is 2.29. The lowest BCUT2D eigenvalue weighted by molar-refractivity contribution is 0.482. The summed E-state index contributed by atoms with van der Waals surface area (Å²) < 4.78 is 63.5. The summed E-state index contributed by atoms with van der Waals surface area (Å²) in [6.45, 7) is 0. The summed E-state index contributed by atoms with van der Waals surface area (Å²) >= 11 is 3.16. The second-order valence-electron chi connectivity index (χ2n) is 3.74. The largest absolute Gasteiger partial charge is 0.295 e. The fourth-order valence-electron chi connectivity index (χ4n) is 1.64. The summed E-state index contributed by atoms with van der Waals surface area (Å²) in [6.07, 6.45) is 0. The summed E-state index contributed by atoms with van der Waals surface area (Å²) in [7, 11) is -9.20.